The maximum absolute atomic E-state index is 11.9. The molecule has 0 N–H and O–H groups in total. The van der Waals surface area contributed by atoms with Crippen LogP contribution in [0, 0.1) is 13.8 Å². The summed E-state index contributed by atoms with van der Waals surface area (Å²) < 4.78 is 9.77. The van der Waals surface area contributed by atoms with E-state index in [-0.39, 0.29) is 19.0 Å². The van der Waals surface area contributed by atoms with Gasteiger partial charge in [0.05, 0.1) is 13.2 Å². The second-order valence-corrected chi connectivity index (χ2v) is 3.95. The number of ether oxygens (including phenoxy) is 2. The summed E-state index contributed by atoms with van der Waals surface area (Å²) in [6.45, 7) is 7.24. The van der Waals surface area contributed by atoms with Crippen molar-refractivity contribution in [1.82, 2.24) is 9.97 Å². The predicted molar refractivity (Wildman–Crippen MR) is 67.5 cm³/mol. The number of carbonyl (C=O) groups is 2. The molecule has 6 heteroatoms. The summed E-state index contributed by atoms with van der Waals surface area (Å²) in [5.74, 6) is -2.48. The molecule has 0 aromatic carbocycles. The molecule has 0 saturated heterocycles. The number of esters is 2. The summed E-state index contributed by atoms with van der Waals surface area (Å²) in [6, 6.07) is 1.76. The summed E-state index contributed by atoms with van der Waals surface area (Å²) in [4.78, 5) is 32.0. The molecule has 0 aliphatic rings. The summed E-state index contributed by atoms with van der Waals surface area (Å²) in [6.07, 6.45) is 0. The van der Waals surface area contributed by atoms with Crippen LogP contribution in [0.3, 0.4) is 0 Å². The van der Waals surface area contributed by atoms with Gasteiger partial charge in [-0.3, -0.25) is 9.59 Å². The van der Waals surface area contributed by atoms with E-state index in [9.17, 15) is 9.59 Å². The Morgan fingerprint density at radius 2 is 1.47 bits per heavy atom. The van der Waals surface area contributed by atoms with Crippen LogP contribution in [0.5, 0.6) is 0 Å². The first-order valence-electron chi connectivity index (χ1n) is 6.15. The molecular weight excluding hydrogens is 248 g/mol. The number of hydrogen-bond acceptors (Lipinski definition) is 6. The van der Waals surface area contributed by atoms with Gasteiger partial charge in [-0.25, -0.2) is 9.97 Å². The highest BCUT2D eigenvalue weighted by molar-refractivity contribution is 6.00. The van der Waals surface area contributed by atoms with E-state index in [0.717, 1.165) is 0 Å². The lowest BCUT2D eigenvalue weighted by Crippen LogP contribution is -2.28. The lowest BCUT2D eigenvalue weighted by Gasteiger charge is -2.14. The van der Waals surface area contributed by atoms with E-state index < -0.39 is 17.9 Å². The van der Waals surface area contributed by atoms with Gasteiger partial charge in [0.1, 0.15) is 0 Å². The van der Waals surface area contributed by atoms with Gasteiger partial charge < -0.3 is 9.47 Å². The van der Waals surface area contributed by atoms with E-state index >= 15 is 0 Å². The third-order valence-corrected chi connectivity index (χ3v) is 2.30. The number of rotatable bonds is 5. The van der Waals surface area contributed by atoms with Crippen LogP contribution in [0.15, 0.2) is 6.07 Å². The molecular formula is C13H18N2O4. The molecule has 1 heterocycles. The van der Waals surface area contributed by atoms with Gasteiger partial charge in [-0.2, -0.15) is 0 Å². The molecule has 0 radical (unpaired) electrons. The van der Waals surface area contributed by atoms with Crippen LogP contribution in [0.4, 0.5) is 0 Å². The van der Waals surface area contributed by atoms with Crippen LogP contribution in [0.2, 0.25) is 0 Å². The fourth-order valence-corrected chi connectivity index (χ4v) is 1.64. The highest BCUT2D eigenvalue weighted by Crippen LogP contribution is 2.17. The largest absolute Gasteiger partial charge is 0.465 e. The molecule has 0 aliphatic heterocycles. The van der Waals surface area contributed by atoms with Gasteiger partial charge in [-0.1, -0.05) is 0 Å². The molecule has 6 nitrogen and oxygen atoms in total. The van der Waals surface area contributed by atoms with Crippen molar-refractivity contribution < 1.29 is 19.1 Å². The van der Waals surface area contributed by atoms with Crippen molar-refractivity contribution in [1.29, 1.82) is 0 Å². The van der Waals surface area contributed by atoms with Crippen LogP contribution < -0.4 is 0 Å². The van der Waals surface area contributed by atoms with E-state index in [1.54, 1.807) is 33.8 Å². The number of hydrogen-bond donors (Lipinski definition) is 0. The standard InChI is InChI=1S/C13H18N2O4/c1-5-18-12(16)10(13(17)19-6-2)11-14-8(3)7-9(4)15-11/h7,10H,5-6H2,1-4H3. The lowest BCUT2D eigenvalue weighted by atomic mass is 10.1. The Balaban J connectivity index is 3.14. The van der Waals surface area contributed by atoms with Gasteiger partial charge in [-0.05, 0) is 33.8 Å². The monoisotopic (exact) mass is 266 g/mol. The number of carbonyl (C=O) groups excluding carboxylic acids is 2. The zero-order valence-electron chi connectivity index (χ0n) is 11.6. The van der Waals surface area contributed by atoms with Crippen molar-refractivity contribution in [2.24, 2.45) is 0 Å². The molecule has 0 spiro atoms. The van der Waals surface area contributed by atoms with Crippen molar-refractivity contribution in [2.75, 3.05) is 13.2 Å². The van der Waals surface area contributed by atoms with Crippen molar-refractivity contribution in [3.8, 4) is 0 Å². The summed E-state index contributed by atoms with van der Waals surface area (Å²) in [5, 5.41) is 0. The van der Waals surface area contributed by atoms with Gasteiger partial charge in [0.2, 0.25) is 5.92 Å². The summed E-state index contributed by atoms with van der Waals surface area (Å²) in [7, 11) is 0. The van der Waals surface area contributed by atoms with E-state index in [1.807, 2.05) is 0 Å². The zero-order valence-corrected chi connectivity index (χ0v) is 11.6. The Hall–Kier alpha value is -1.98. The Kier molecular flexibility index (Phi) is 5.41. The van der Waals surface area contributed by atoms with Gasteiger partial charge in [0.25, 0.3) is 0 Å². The predicted octanol–water partition coefficient (Wildman–Crippen LogP) is 1.30. The first kappa shape index (κ1) is 15.1. The van der Waals surface area contributed by atoms with Gasteiger partial charge >= 0.3 is 11.9 Å². The first-order chi connectivity index (χ1) is 8.99. The molecule has 104 valence electrons. The molecule has 0 unspecified atom stereocenters. The number of nitrogens with zero attached hydrogens (tertiary/aromatic N) is 2. The van der Waals surface area contributed by atoms with E-state index in [1.165, 1.54) is 0 Å². The highest BCUT2D eigenvalue weighted by Gasteiger charge is 2.34. The van der Waals surface area contributed by atoms with E-state index in [2.05, 4.69) is 9.97 Å². The maximum atomic E-state index is 11.9. The SMILES string of the molecule is CCOC(=O)C(C(=O)OCC)c1nc(C)cc(C)n1. The first-order valence-corrected chi connectivity index (χ1v) is 6.15. The second-order valence-electron chi connectivity index (χ2n) is 3.95. The van der Waals surface area contributed by atoms with Crippen molar-refractivity contribution >= 4 is 11.9 Å². The number of aromatic nitrogens is 2. The maximum Gasteiger partial charge on any atom is 0.328 e. The number of aryl methyl sites for hydroxylation is 2. The van der Waals surface area contributed by atoms with Gasteiger partial charge in [-0.15, -0.1) is 0 Å². The third kappa shape index (κ3) is 4.01. The molecule has 0 fully saturated rings. The zero-order chi connectivity index (χ0) is 14.4. The Morgan fingerprint density at radius 3 is 1.84 bits per heavy atom. The molecule has 1 rings (SSSR count). The Bertz CT molecular complexity index is 435. The molecule has 0 saturated carbocycles. The Labute approximate surface area is 112 Å². The molecule has 0 aliphatic carbocycles. The van der Waals surface area contributed by atoms with E-state index in [0.29, 0.717) is 11.4 Å². The quantitative estimate of drug-likeness (QED) is 0.590. The topological polar surface area (TPSA) is 78.4 Å². The van der Waals surface area contributed by atoms with Gasteiger partial charge in [0, 0.05) is 11.4 Å². The van der Waals surface area contributed by atoms with Crippen molar-refractivity contribution in [3.05, 3.63) is 23.3 Å². The summed E-state index contributed by atoms with van der Waals surface area (Å²) >= 11 is 0. The molecule has 1 aromatic heterocycles. The van der Waals surface area contributed by atoms with E-state index in [4.69, 9.17) is 9.47 Å². The smallest absolute Gasteiger partial charge is 0.328 e. The van der Waals surface area contributed by atoms with Crippen molar-refractivity contribution in [3.63, 3.8) is 0 Å². The molecule has 0 amide bonds. The van der Waals surface area contributed by atoms with Crippen LogP contribution in [-0.2, 0) is 19.1 Å². The highest BCUT2D eigenvalue weighted by atomic mass is 16.6. The van der Waals surface area contributed by atoms with Crippen LogP contribution in [-0.4, -0.2) is 35.1 Å². The minimum absolute atomic E-state index is 0.120. The minimum atomic E-state index is -1.22. The summed E-state index contributed by atoms with van der Waals surface area (Å²) in [5.41, 5.74) is 1.36. The normalized spacial score (nSPS) is 10.4. The van der Waals surface area contributed by atoms with Crippen molar-refractivity contribution in [2.45, 2.75) is 33.6 Å². The third-order valence-electron chi connectivity index (χ3n) is 2.30. The molecule has 19 heavy (non-hydrogen) atoms. The second kappa shape index (κ2) is 6.82. The van der Waals surface area contributed by atoms with Crippen LogP contribution in [0.1, 0.15) is 37.0 Å². The van der Waals surface area contributed by atoms with Gasteiger partial charge in [0.15, 0.2) is 5.82 Å². The minimum Gasteiger partial charge on any atom is -0.465 e. The molecule has 0 atom stereocenters. The fraction of sp³-hybridized carbons (Fsp3) is 0.538. The lowest BCUT2D eigenvalue weighted by molar-refractivity contribution is -0.157. The average molecular weight is 266 g/mol. The van der Waals surface area contributed by atoms with Crippen LogP contribution >= 0.6 is 0 Å². The Morgan fingerprint density at radius 1 is 1.05 bits per heavy atom. The molecule has 1 aromatic rings. The fourth-order valence-electron chi connectivity index (χ4n) is 1.64. The molecule has 0 bridgehead atoms. The van der Waals surface area contributed by atoms with Crippen LogP contribution in [0.25, 0.3) is 0 Å². The average Bonchev–Trinajstić information content (AvgIpc) is 2.28.